The summed E-state index contributed by atoms with van der Waals surface area (Å²) in [5.74, 6) is -2.87. The van der Waals surface area contributed by atoms with E-state index in [4.69, 9.17) is 5.11 Å². The van der Waals surface area contributed by atoms with Crippen molar-refractivity contribution in [1.29, 1.82) is 0 Å². The first-order valence-corrected chi connectivity index (χ1v) is 7.80. The Morgan fingerprint density at radius 3 is 2.44 bits per heavy atom. The van der Waals surface area contributed by atoms with Gasteiger partial charge in [-0.2, -0.15) is 0 Å². The number of ketones is 1. The second kappa shape index (κ2) is 9.24. The molecule has 0 bridgehead atoms. The number of hydrogen-bond donors (Lipinski definition) is 4. The molecule has 1 rings (SSSR count). The maximum Gasteiger partial charge on any atom is 0.287 e. The number of benzene rings is 1. The Hall–Kier alpha value is -2.32. The molecule has 1 aromatic rings. The lowest BCUT2D eigenvalue weighted by Gasteiger charge is -2.27. The topological polar surface area (TPSA) is 116 Å². The molecule has 0 heterocycles. The predicted molar refractivity (Wildman–Crippen MR) is 87.8 cm³/mol. The Labute approximate surface area is 145 Å². The van der Waals surface area contributed by atoms with Gasteiger partial charge in [0.15, 0.2) is 0 Å². The molecule has 0 spiro atoms. The van der Waals surface area contributed by atoms with Crippen LogP contribution in [0.15, 0.2) is 24.3 Å². The molecule has 1 atom stereocenters. The van der Waals surface area contributed by atoms with Gasteiger partial charge >= 0.3 is 0 Å². The minimum atomic E-state index is -1.44. The highest BCUT2D eigenvalue weighted by Crippen LogP contribution is 2.19. The van der Waals surface area contributed by atoms with Crippen molar-refractivity contribution in [3.8, 4) is 0 Å². The standard InChI is InChI=1S/C17H23FN2O5/c1-17(2,10-21)14(23)16(25)19-8-7-13(22)15(24)20-9-11-5-3-4-6-12(11)18/h3-6,14,21,23H,7-10H2,1-2H3,(H,19,25)(H,20,24)/t14-/m0/s1. The first-order chi connectivity index (χ1) is 11.7. The lowest BCUT2D eigenvalue weighted by atomic mass is 9.87. The number of carbonyl (C=O) groups excluding carboxylic acids is 3. The van der Waals surface area contributed by atoms with E-state index in [1.165, 1.54) is 32.0 Å². The van der Waals surface area contributed by atoms with Crippen LogP contribution in [0.5, 0.6) is 0 Å². The van der Waals surface area contributed by atoms with Crippen molar-refractivity contribution in [1.82, 2.24) is 10.6 Å². The highest BCUT2D eigenvalue weighted by atomic mass is 19.1. The molecule has 1 aromatic carbocycles. The maximum absolute atomic E-state index is 13.4. The van der Waals surface area contributed by atoms with Crippen molar-refractivity contribution >= 4 is 17.6 Å². The van der Waals surface area contributed by atoms with Crippen LogP contribution in [0.4, 0.5) is 4.39 Å². The first kappa shape index (κ1) is 20.7. The van der Waals surface area contributed by atoms with Crippen LogP contribution in [-0.4, -0.2) is 47.1 Å². The smallest absolute Gasteiger partial charge is 0.287 e. The number of nitrogens with one attached hydrogen (secondary N) is 2. The van der Waals surface area contributed by atoms with Crippen molar-refractivity contribution in [3.05, 3.63) is 35.6 Å². The molecule has 8 heteroatoms. The number of aliphatic hydroxyl groups is 2. The van der Waals surface area contributed by atoms with Gasteiger partial charge in [-0.25, -0.2) is 4.39 Å². The molecule has 2 amide bonds. The Morgan fingerprint density at radius 1 is 1.20 bits per heavy atom. The molecular formula is C17H23FN2O5. The Morgan fingerprint density at radius 2 is 1.84 bits per heavy atom. The zero-order valence-corrected chi connectivity index (χ0v) is 14.2. The number of rotatable bonds is 9. The van der Waals surface area contributed by atoms with Gasteiger partial charge in [-0.1, -0.05) is 32.0 Å². The van der Waals surface area contributed by atoms with E-state index in [0.29, 0.717) is 0 Å². The monoisotopic (exact) mass is 354 g/mol. The molecule has 0 aromatic heterocycles. The normalized spacial score (nSPS) is 12.4. The number of Topliss-reactive ketones (excluding diaryl/α,β-unsaturated/α-hetero) is 1. The van der Waals surface area contributed by atoms with Crippen LogP contribution < -0.4 is 10.6 Å². The molecule has 0 aliphatic heterocycles. The van der Waals surface area contributed by atoms with Crippen LogP contribution in [0.25, 0.3) is 0 Å². The lowest BCUT2D eigenvalue weighted by Crippen LogP contribution is -2.46. The number of aliphatic hydroxyl groups excluding tert-OH is 2. The van der Waals surface area contributed by atoms with E-state index in [0.717, 1.165) is 0 Å². The van der Waals surface area contributed by atoms with Crippen molar-refractivity contribution in [2.45, 2.75) is 32.9 Å². The summed E-state index contributed by atoms with van der Waals surface area (Å²) in [7, 11) is 0. The third-order valence-electron chi connectivity index (χ3n) is 3.70. The van der Waals surface area contributed by atoms with Gasteiger partial charge in [0.2, 0.25) is 11.7 Å². The molecule has 0 radical (unpaired) electrons. The maximum atomic E-state index is 13.4. The van der Waals surface area contributed by atoms with E-state index in [2.05, 4.69) is 10.6 Å². The summed E-state index contributed by atoms with van der Waals surface area (Å²) in [6.45, 7) is 2.38. The Bertz CT molecular complexity index is 633. The largest absolute Gasteiger partial charge is 0.396 e. The zero-order chi connectivity index (χ0) is 19.0. The summed E-state index contributed by atoms with van der Waals surface area (Å²) in [6, 6.07) is 5.87. The molecule has 0 saturated carbocycles. The number of amides is 2. The van der Waals surface area contributed by atoms with E-state index >= 15 is 0 Å². The third-order valence-corrected chi connectivity index (χ3v) is 3.70. The molecular weight excluding hydrogens is 331 g/mol. The summed E-state index contributed by atoms with van der Waals surface area (Å²) >= 11 is 0. The SMILES string of the molecule is CC(C)(CO)[C@@H](O)C(=O)NCCC(=O)C(=O)NCc1ccccc1F. The summed E-state index contributed by atoms with van der Waals surface area (Å²) < 4.78 is 13.4. The van der Waals surface area contributed by atoms with E-state index in [1.54, 1.807) is 6.07 Å². The second-order valence-corrected chi connectivity index (χ2v) is 6.29. The van der Waals surface area contributed by atoms with Gasteiger partial charge in [-0.05, 0) is 6.07 Å². The molecule has 4 N–H and O–H groups in total. The van der Waals surface area contributed by atoms with Crippen LogP contribution in [-0.2, 0) is 20.9 Å². The van der Waals surface area contributed by atoms with Gasteiger partial charge in [0.05, 0.1) is 6.61 Å². The van der Waals surface area contributed by atoms with Gasteiger partial charge in [0.25, 0.3) is 5.91 Å². The molecule has 0 fully saturated rings. The predicted octanol–water partition coefficient (Wildman–Crippen LogP) is -0.103. The average molecular weight is 354 g/mol. The minimum absolute atomic E-state index is 0.118. The van der Waals surface area contributed by atoms with Crippen molar-refractivity contribution in [2.24, 2.45) is 5.41 Å². The summed E-state index contributed by atoms with van der Waals surface area (Å²) in [5, 5.41) is 23.5. The fourth-order valence-corrected chi connectivity index (χ4v) is 1.87. The van der Waals surface area contributed by atoms with Gasteiger partial charge in [0, 0.05) is 30.5 Å². The van der Waals surface area contributed by atoms with Gasteiger partial charge in [-0.15, -0.1) is 0 Å². The lowest BCUT2D eigenvalue weighted by molar-refractivity contribution is -0.139. The summed E-state index contributed by atoms with van der Waals surface area (Å²) in [5.41, 5.74) is -0.767. The van der Waals surface area contributed by atoms with Gasteiger partial charge in [-0.3, -0.25) is 14.4 Å². The van der Waals surface area contributed by atoms with Crippen LogP contribution in [0.3, 0.4) is 0 Å². The number of halogens is 1. The van der Waals surface area contributed by atoms with Crippen LogP contribution >= 0.6 is 0 Å². The van der Waals surface area contributed by atoms with Gasteiger partial charge < -0.3 is 20.8 Å². The molecule has 0 aliphatic rings. The van der Waals surface area contributed by atoms with E-state index in [1.807, 2.05) is 0 Å². The molecule has 7 nitrogen and oxygen atoms in total. The number of hydrogen-bond acceptors (Lipinski definition) is 5. The quantitative estimate of drug-likeness (QED) is 0.462. The average Bonchev–Trinajstić information content (AvgIpc) is 2.59. The summed E-state index contributed by atoms with van der Waals surface area (Å²) in [6.07, 6.45) is -1.70. The summed E-state index contributed by atoms with van der Waals surface area (Å²) in [4.78, 5) is 35.1. The van der Waals surface area contributed by atoms with Crippen molar-refractivity contribution < 1.29 is 29.0 Å². The van der Waals surface area contributed by atoms with Gasteiger partial charge in [0.1, 0.15) is 11.9 Å². The highest BCUT2D eigenvalue weighted by molar-refractivity contribution is 6.36. The Kier molecular flexibility index (Phi) is 7.66. The first-order valence-electron chi connectivity index (χ1n) is 7.80. The molecule has 0 aliphatic carbocycles. The van der Waals surface area contributed by atoms with Crippen LogP contribution in [0.2, 0.25) is 0 Å². The van der Waals surface area contributed by atoms with Crippen LogP contribution in [0.1, 0.15) is 25.8 Å². The van der Waals surface area contributed by atoms with Crippen molar-refractivity contribution in [2.75, 3.05) is 13.2 Å². The third kappa shape index (κ3) is 6.24. The van der Waals surface area contributed by atoms with E-state index < -0.39 is 34.9 Å². The Balaban J connectivity index is 2.38. The molecule has 138 valence electrons. The van der Waals surface area contributed by atoms with Crippen molar-refractivity contribution in [3.63, 3.8) is 0 Å². The molecule has 0 saturated heterocycles. The minimum Gasteiger partial charge on any atom is -0.396 e. The fraction of sp³-hybridized carbons (Fsp3) is 0.471. The molecule has 25 heavy (non-hydrogen) atoms. The highest BCUT2D eigenvalue weighted by Gasteiger charge is 2.32. The van der Waals surface area contributed by atoms with Crippen LogP contribution in [0, 0.1) is 11.2 Å². The fourth-order valence-electron chi connectivity index (χ4n) is 1.87. The zero-order valence-electron chi connectivity index (χ0n) is 14.2. The number of carbonyl (C=O) groups is 3. The second-order valence-electron chi connectivity index (χ2n) is 6.29. The van der Waals surface area contributed by atoms with E-state index in [9.17, 15) is 23.9 Å². The van der Waals surface area contributed by atoms with E-state index in [-0.39, 0.29) is 31.7 Å². The molecule has 0 unspecified atom stereocenters.